The van der Waals surface area contributed by atoms with Crippen LogP contribution in [-0.4, -0.2) is 27.3 Å². The molecule has 1 aromatic heterocycles. The van der Waals surface area contributed by atoms with Crippen molar-refractivity contribution in [3.8, 4) is 6.07 Å². The van der Waals surface area contributed by atoms with Gasteiger partial charge in [-0.3, -0.25) is 19.8 Å². The fourth-order valence-electron chi connectivity index (χ4n) is 4.23. The molecule has 7 heteroatoms. The molecule has 1 aliphatic rings. The first kappa shape index (κ1) is 21.9. The zero-order valence-electron chi connectivity index (χ0n) is 18.6. The van der Waals surface area contributed by atoms with Crippen LogP contribution in [0, 0.1) is 11.3 Å². The molecule has 0 aliphatic carbocycles. The highest BCUT2D eigenvalue weighted by molar-refractivity contribution is 6.31. The zero-order chi connectivity index (χ0) is 24.4. The number of rotatable bonds is 5. The molecule has 0 saturated carbocycles. The molecule has 1 aliphatic heterocycles. The van der Waals surface area contributed by atoms with E-state index in [1.807, 2.05) is 83.6 Å². The van der Waals surface area contributed by atoms with Crippen molar-refractivity contribution in [3.63, 3.8) is 0 Å². The van der Waals surface area contributed by atoms with Crippen LogP contribution < -0.4 is 5.32 Å². The second-order valence-electron chi connectivity index (χ2n) is 8.19. The predicted molar refractivity (Wildman–Crippen MR) is 131 cm³/mol. The van der Waals surface area contributed by atoms with E-state index in [1.165, 1.54) is 6.08 Å². The summed E-state index contributed by atoms with van der Waals surface area (Å²) in [4.78, 5) is 39.3. The first-order chi connectivity index (χ1) is 17.0. The quantitative estimate of drug-likeness (QED) is 0.356. The first-order valence-electron chi connectivity index (χ1n) is 11.0. The molecule has 35 heavy (non-hydrogen) atoms. The average Bonchev–Trinajstić information content (AvgIpc) is 3.22. The first-order valence-corrected chi connectivity index (χ1v) is 11.0. The lowest BCUT2D eigenvalue weighted by Gasteiger charge is -2.26. The molecular weight excluding hydrogens is 440 g/mol. The van der Waals surface area contributed by atoms with Crippen molar-refractivity contribution >= 4 is 34.8 Å². The molecule has 4 aromatic rings. The van der Waals surface area contributed by atoms with E-state index in [4.69, 9.17) is 0 Å². The summed E-state index contributed by atoms with van der Waals surface area (Å²) in [6.07, 6.45) is 3.38. The van der Waals surface area contributed by atoms with Gasteiger partial charge in [-0.1, -0.05) is 66.7 Å². The molecule has 2 heterocycles. The summed E-state index contributed by atoms with van der Waals surface area (Å²) in [6.45, 7) is 0.509. The Labute approximate surface area is 201 Å². The maximum atomic E-state index is 13.2. The van der Waals surface area contributed by atoms with E-state index in [2.05, 4.69) is 11.4 Å². The SMILES string of the molecule is N#Cc1ccccc1Cn1cc(/C=C2\C(=O)NC(=O)N(Cc3ccccc3)C2=O)c2ccccc21. The van der Waals surface area contributed by atoms with E-state index in [-0.39, 0.29) is 12.1 Å². The number of imide groups is 2. The number of barbiturate groups is 1. The summed E-state index contributed by atoms with van der Waals surface area (Å²) >= 11 is 0. The largest absolute Gasteiger partial charge is 0.342 e. The number of hydrogen-bond donors (Lipinski definition) is 1. The van der Waals surface area contributed by atoms with Crippen LogP contribution in [0.25, 0.3) is 17.0 Å². The van der Waals surface area contributed by atoms with Crippen LogP contribution >= 0.6 is 0 Å². The van der Waals surface area contributed by atoms with Crippen molar-refractivity contribution < 1.29 is 14.4 Å². The van der Waals surface area contributed by atoms with Crippen molar-refractivity contribution in [2.45, 2.75) is 13.1 Å². The third kappa shape index (κ3) is 4.21. The summed E-state index contributed by atoms with van der Waals surface area (Å²) < 4.78 is 1.98. The highest BCUT2D eigenvalue weighted by atomic mass is 16.2. The number of nitrogens with one attached hydrogen (secondary N) is 1. The van der Waals surface area contributed by atoms with Gasteiger partial charge < -0.3 is 4.57 Å². The lowest BCUT2D eigenvalue weighted by Crippen LogP contribution is -2.53. The molecule has 170 valence electrons. The van der Waals surface area contributed by atoms with Gasteiger partial charge >= 0.3 is 6.03 Å². The van der Waals surface area contributed by atoms with E-state index in [0.717, 1.165) is 26.9 Å². The molecule has 0 radical (unpaired) electrons. The van der Waals surface area contributed by atoms with Gasteiger partial charge in [-0.2, -0.15) is 5.26 Å². The number of carbonyl (C=O) groups is 3. The second-order valence-corrected chi connectivity index (χ2v) is 8.19. The molecular formula is C28H20N4O3. The minimum absolute atomic E-state index is 0.0584. The molecule has 0 bridgehead atoms. The molecule has 1 saturated heterocycles. The monoisotopic (exact) mass is 460 g/mol. The topological polar surface area (TPSA) is 95.2 Å². The Kier molecular flexibility index (Phi) is 5.70. The summed E-state index contributed by atoms with van der Waals surface area (Å²) in [6, 6.07) is 25.6. The van der Waals surface area contributed by atoms with Crippen LogP contribution in [0.1, 0.15) is 22.3 Å². The molecule has 5 rings (SSSR count). The van der Waals surface area contributed by atoms with Crippen LogP contribution in [0.15, 0.2) is 90.6 Å². The fourth-order valence-corrected chi connectivity index (χ4v) is 4.23. The van der Waals surface area contributed by atoms with E-state index in [9.17, 15) is 19.6 Å². The van der Waals surface area contributed by atoms with Crippen molar-refractivity contribution in [1.82, 2.24) is 14.8 Å². The molecule has 0 atom stereocenters. The van der Waals surface area contributed by atoms with Crippen molar-refractivity contribution in [1.29, 1.82) is 5.26 Å². The Morgan fingerprint density at radius 2 is 1.57 bits per heavy atom. The molecule has 7 nitrogen and oxygen atoms in total. The van der Waals surface area contributed by atoms with Gasteiger partial charge in [-0.15, -0.1) is 0 Å². The summed E-state index contributed by atoms with van der Waals surface area (Å²) in [5.74, 6) is -1.37. The number of carbonyl (C=O) groups excluding carboxylic acids is 3. The number of para-hydroxylation sites is 1. The summed E-state index contributed by atoms with van der Waals surface area (Å²) in [7, 11) is 0. The molecule has 1 N–H and O–H groups in total. The van der Waals surface area contributed by atoms with E-state index in [0.29, 0.717) is 17.7 Å². The third-order valence-electron chi connectivity index (χ3n) is 5.97. The minimum Gasteiger partial charge on any atom is -0.342 e. The number of amides is 4. The number of nitriles is 1. The summed E-state index contributed by atoms with van der Waals surface area (Å²) in [5.41, 5.74) is 3.68. The Hall–Kier alpha value is -4.96. The van der Waals surface area contributed by atoms with E-state index >= 15 is 0 Å². The molecule has 1 fully saturated rings. The minimum atomic E-state index is -0.739. The second kappa shape index (κ2) is 9.12. The van der Waals surface area contributed by atoms with Gasteiger partial charge in [0.1, 0.15) is 5.57 Å². The highest BCUT2D eigenvalue weighted by Gasteiger charge is 2.35. The van der Waals surface area contributed by atoms with Gasteiger partial charge in [0, 0.05) is 29.2 Å². The van der Waals surface area contributed by atoms with Crippen LogP contribution in [0.4, 0.5) is 4.79 Å². The maximum Gasteiger partial charge on any atom is 0.331 e. The number of hydrogen-bond acceptors (Lipinski definition) is 4. The number of nitrogens with zero attached hydrogens (tertiary/aromatic N) is 3. The third-order valence-corrected chi connectivity index (χ3v) is 5.97. The number of aromatic nitrogens is 1. The molecule has 3 aromatic carbocycles. The standard InChI is InChI=1S/C28H20N4O3/c29-15-20-10-4-5-11-21(20)17-31-18-22(23-12-6-7-13-25(23)31)14-24-26(33)30-28(35)32(27(24)34)16-19-8-2-1-3-9-19/h1-14,18H,16-17H2,(H,30,33,35)/b24-14+. The Balaban J connectivity index is 1.53. The normalized spacial score (nSPS) is 14.9. The average molecular weight is 460 g/mol. The van der Waals surface area contributed by atoms with Crippen molar-refractivity contribution in [3.05, 3.63) is 113 Å². The van der Waals surface area contributed by atoms with E-state index in [1.54, 1.807) is 6.07 Å². The van der Waals surface area contributed by atoms with Crippen LogP contribution in [-0.2, 0) is 22.7 Å². The van der Waals surface area contributed by atoms with Gasteiger partial charge in [0.15, 0.2) is 0 Å². The number of urea groups is 1. The summed E-state index contributed by atoms with van der Waals surface area (Å²) in [5, 5.41) is 12.6. The molecule has 4 amide bonds. The molecule has 0 spiro atoms. The Morgan fingerprint density at radius 3 is 2.37 bits per heavy atom. The van der Waals surface area contributed by atoms with Crippen LogP contribution in [0.3, 0.4) is 0 Å². The van der Waals surface area contributed by atoms with Crippen LogP contribution in [0.2, 0.25) is 0 Å². The number of benzene rings is 3. The van der Waals surface area contributed by atoms with Gasteiger partial charge in [0.05, 0.1) is 18.2 Å². The van der Waals surface area contributed by atoms with Gasteiger partial charge in [0.25, 0.3) is 11.8 Å². The zero-order valence-corrected chi connectivity index (χ0v) is 18.6. The van der Waals surface area contributed by atoms with Gasteiger partial charge in [-0.25, -0.2) is 4.79 Å². The fraction of sp³-hybridized carbons (Fsp3) is 0.0714. The van der Waals surface area contributed by atoms with Gasteiger partial charge in [-0.05, 0) is 29.3 Å². The smallest absolute Gasteiger partial charge is 0.331 e. The van der Waals surface area contributed by atoms with Crippen LogP contribution in [0.5, 0.6) is 0 Å². The Morgan fingerprint density at radius 1 is 0.857 bits per heavy atom. The predicted octanol–water partition coefficient (Wildman–Crippen LogP) is 4.22. The lowest BCUT2D eigenvalue weighted by atomic mass is 10.1. The maximum absolute atomic E-state index is 13.2. The van der Waals surface area contributed by atoms with Crippen molar-refractivity contribution in [2.24, 2.45) is 0 Å². The molecule has 0 unspecified atom stereocenters. The lowest BCUT2D eigenvalue weighted by molar-refractivity contribution is -0.130. The van der Waals surface area contributed by atoms with E-state index < -0.39 is 17.8 Å². The number of fused-ring (bicyclic) bond motifs is 1. The van der Waals surface area contributed by atoms with Crippen molar-refractivity contribution in [2.75, 3.05) is 0 Å². The Bertz CT molecular complexity index is 1540. The highest BCUT2D eigenvalue weighted by Crippen LogP contribution is 2.26. The van der Waals surface area contributed by atoms with Gasteiger partial charge in [0.2, 0.25) is 0 Å².